The fourth-order valence-corrected chi connectivity index (χ4v) is 3.84. The second kappa shape index (κ2) is 8.34. The van der Waals surface area contributed by atoms with Crippen molar-refractivity contribution in [2.45, 2.75) is 31.7 Å². The molecule has 0 bridgehead atoms. The quantitative estimate of drug-likeness (QED) is 0.648. The summed E-state index contributed by atoms with van der Waals surface area (Å²) in [6.07, 6.45) is 2.98. The molecule has 142 valence electrons. The Morgan fingerprint density at radius 1 is 0.964 bits per heavy atom. The molecule has 0 radical (unpaired) electrons. The van der Waals surface area contributed by atoms with Gasteiger partial charge in [-0.1, -0.05) is 48.5 Å². The molecule has 0 saturated carbocycles. The van der Waals surface area contributed by atoms with Crippen LogP contribution >= 0.6 is 0 Å². The molecule has 1 aliphatic rings. The van der Waals surface area contributed by atoms with Crippen LogP contribution in [0.1, 0.15) is 41.4 Å². The lowest BCUT2D eigenvalue weighted by Crippen LogP contribution is -2.32. The Kier molecular flexibility index (Phi) is 5.47. The molecule has 1 aromatic heterocycles. The van der Waals surface area contributed by atoms with Gasteiger partial charge >= 0.3 is 0 Å². The fourth-order valence-electron chi connectivity index (χ4n) is 3.84. The average Bonchev–Trinajstić information content (AvgIpc) is 3.21. The first kappa shape index (κ1) is 18.4. The summed E-state index contributed by atoms with van der Waals surface area (Å²) in [6.45, 7) is 0.745. The Labute approximate surface area is 164 Å². The summed E-state index contributed by atoms with van der Waals surface area (Å²) in [7, 11) is 0. The third kappa shape index (κ3) is 4.28. The van der Waals surface area contributed by atoms with E-state index in [2.05, 4.69) is 12.1 Å². The molecule has 1 amide bonds. The molecule has 1 fully saturated rings. The third-order valence-corrected chi connectivity index (χ3v) is 5.24. The molecule has 2 heterocycles. The molecule has 28 heavy (non-hydrogen) atoms. The van der Waals surface area contributed by atoms with Gasteiger partial charge in [0.05, 0.1) is 18.2 Å². The van der Waals surface area contributed by atoms with Crippen LogP contribution in [0.5, 0.6) is 0 Å². The lowest BCUT2D eigenvalue weighted by Gasteiger charge is -2.25. The van der Waals surface area contributed by atoms with Crippen molar-refractivity contribution >= 4 is 5.91 Å². The van der Waals surface area contributed by atoms with Gasteiger partial charge in [0.1, 0.15) is 5.82 Å². The van der Waals surface area contributed by atoms with Crippen molar-refractivity contribution in [3.63, 3.8) is 0 Å². The predicted molar refractivity (Wildman–Crippen MR) is 107 cm³/mol. The maximum atomic E-state index is 13.1. The van der Waals surface area contributed by atoms with E-state index in [1.807, 2.05) is 41.3 Å². The Morgan fingerprint density at radius 2 is 1.75 bits per heavy atom. The number of amides is 1. The Bertz CT molecular complexity index is 940. The first-order chi connectivity index (χ1) is 13.7. The summed E-state index contributed by atoms with van der Waals surface area (Å²) in [6, 6.07) is 22.5. The zero-order valence-electron chi connectivity index (χ0n) is 15.7. The minimum Gasteiger partial charge on any atom is -0.334 e. The molecule has 4 rings (SSSR count). The van der Waals surface area contributed by atoms with Gasteiger partial charge in [-0.15, -0.1) is 0 Å². The molecule has 1 saturated heterocycles. The molecule has 3 nitrogen and oxygen atoms in total. The minimum absolute atomic E-state index is 0.0173. The molecular formula is C24H23FN2O. The molecule has 0 aliphatic carbocycles. The zero-order valence-corrected chi connectivity index (χ0v) is 15.7. The minimum atomic E-state index is -0.283. The summed E-state index contributed by atoms with van der Waals surface area (Å²) in [5.74, 6) is -0.209. The van der Waals surface area contributed by atoms with E-state index in [4.69, 9.17) is 4.98 Å². The van der Waals surface area contributed by atoms with E-state index in [9.17, 15) is 9.18 Å². The standard InChI is InChI=1S/C24H23FN2O/c25-20-13-11-19(12-14-20)17-24(28)27-15-5-10-23(27)22-9-4-8-21(26-22)16-18-6-2-1-3-7-18/h1-4,6-9,11-14,23H,5,10,15-17H2/t23-/m0/s1. The Balaban J connectivity index is 1.49. The summed E-state index contributed by atoms with van der Waals surface area (Å²) in [4.78, 5) is 19.7. The topological polar surface area (TPSA) is 33.2 Å². The average molecular weight is 374 g/mol. The number of hydrogen-bond donors (Lipinski definition) is 0. The van der Waals surface area contributed by atoms with Crippen LogP contribution in [0, 0.1) is 5.82 Å². The molecule has 0 N–H and O–H groups in total. The highest BCUT2D eigenvalue weighted by Crippen LogP contribution is 2.31. The first-order valence-electron chi connectivity index (χ1n) is 9.73. The molecule has 4 heteroatoms. The van der Waals surface area contributed by atoms with Crippen LogP contribution in [0.3, 0.4) is 0 Å². The molecular weight excluding hydrogens is 351 g/mol. The Hall–Kier alpha value is -3.01. The van der Waals surface area contributed by atoms with Gasteiger partial charge in [0.25, 0.3) is 0 Å². The van der Waals surface area contributed by atoms with Crippen LogP contribution in [0.2, 0.25) is 0 Å². The highest BCUT2D eigenvalue weighted by atomic mass is 19.1. The van der Waals surface area contributed by atoms with Crippen LogP contribution < -0.4 is 0 Å². The molecule has 1 atom stereocenters. The Morgan fingerprint density at radius 3 is 2.54 bits per heavy atom. The highest BCUT2D eigenvalue weighted by Gasteiger charge is 2.30. The van der Waals surface area contributed by atoms with Gasteiger partial charge in [-0.2, -0.15) is 0 Å². The van der Waals surface area contributed by atoms with E-state index in [0.29, 0.717) is 6.42 Å². The largest absolute Gasteiger partial charge is 0.334 e. The van der Waals surface area contributed by atoms with Crippen LogP contribution in [-0.4, -0.2) is 22.3 Å². The molecule has 2 aromatic carbocycles. The number of rotatable bonds is 5. The van der Waals surface area contributed by atoms with Crippen LogP contribution in [0.4, 0.5) is 4.39 Å². The van der Waals surface area contributed by atoms with Gasteiger partial charge in [0, 0.05) is 18.7 Å². The number of hydrogen-bond acceptors (Lipinski definition) is 2. The van der Waals surface area contributed by atoms with Gasteiger partial charge in [-0.25, -0.2) is 4.39 Å². The summed E-state index contributed by atoms with van der Waals surface area (Å²) < 4.78 is 13.1. The number of carbonyl (C=O) groups excluding carboxylic acids is 1. The fraction of sp³-hybridized carbons (Fsp3) is 0.250. The van der Waals surface area contributed by atoms with Gasteiger partial charge in [0.15, 0.2) is 0 Å². The van der Waals surface area contributed by atoms with Crippen molar-refractivity contribution in [3.05, 3.63) is 101 Å². The SMILES string of the molecule is O=C(Cc1ccc(F)cc1)N1CCC[C@H]1c1cccc(Cc2ccccc2)n1. The second-order valence-electron chi connectivity index (χ2n) is 7.26. The van der Waals surface area contributed by atoms with Crippen molar-refractivity contribution in [1.82, 2.24) is 9.88 Å². The van der Waals surface area contributed by atoms with Crippen LogP contribution in [-0.2, 0) is 17.6 Å². The molecule has 0 spiro atoms. The predicted octanol–water partition coefficient (Wildman–Crippen LogP) is 4.72. The van der Waals surface area contributed by atoms with Crippen molar-refractivity contribution in [2.75, 3.05) is 6.54 Å². The van der Waals surface area contributed by atoms with E-state index in [-0.39, 0.29) is 17.8 Å². The van der Waals surface area contributed by atoms with Gasteiger partial charge in [-0.05, 0) is 48.2 Å². The van der Waals surface area contributed by atoms with Gasteiger partial charge < -0.3 is 4.90 Å². The van der Waals surface area contributed by atoms with Crippen molar-refractivity contribution in [1.29, 1.82) is 0 Å². The highest BCUT2D eigenvalue weighted by molar-refractivity contribution is 5.79. The summed E-state index contributed by atoms with van der Waals surface area (Å²) >= 11 is 0. The van der Waals surface area contributed by atoms with Gasteiger partial charge in [-0.3, -0.25) is 9.78 Å². The monoisotopic (exact) mass is 374 g/mol. The van der Waals surface area contributed by atoms with Crippen molar-refractivity contribution in [3.8, 4) is 0 Å². The third-order valence-electron chi connectivity index (χ3n) is 5.24. The zero-order chi connectivity index (χ0) is 19.3. The van der Waals surface area contributed by atoms with E-state index < -0.39 is 0 Å². The van der Waals surface area contributed by atoms with Crippen molar-refractivity contribution < 1.29 is 9.18 Å². The number of carbonyl (C=O) groups is 1. The van der Waals surface area contributed by atoms with E-state index in [1.54, 1.807) is 12.1 Å². The number of pyridine rings is 1. The molecule has 1 aliphatic heterocycles. The summed E-state index contributed by atoms with van der Waals surface area (Å²) in [5, 5.41) is 0. The smallest absolute Gasteiger partial charge is 0.227 e. The maximum absolute atomic E-state index is 13.1. The number of halogens is 1. The van der Waals surface area contributed by atoms with E-state index >= 15 is 0 Å². The van der Waals surface area contributed by atoms with E-state index in [1.165, 1.54) is 17.7 Å². The van der Waals surface area contributed by atoms with Crippen LogP contribution in [0.25, 0.3) is 0 Å². The number of benzene rings is 2. The maximum Gasteiger partial charge on any atom is 0.227 e. The number of nitrogens with zero attached hydrogens (tertiary/aromatic N) is 2. The number of likely N-dealkylation sites (tertiary alicyclic amines) is 1. The first-order valence-corrected chi connectivity index (χ1v) is 9.73. The lowest BCUT2D eigenvalue weighted by atomic mass is 10.1. The second-order valence-corrected chi connectivity index (χ2v) is 7.26. The van der Waals surface area contributed by atoms with Crippen LogP contribution in [0.15, 0.2) is 72.8 Å². The molecule has 0 unspecified atom stereocenters. The molecule has 3 aromatic rings. The lowest BCUT2D eigenvalue weighted by molar-refractivity contribution is -0.131. The van der Waals surface area contributed by atoms with E-state index in [0.717, 1.165) is 42.8 Å². The normalized spacial score (nSPS) is 16.3. The van der Waals surface area contributed by atoms with Gasteiger partial charge in [0.2, 0.25) is 5.91 Å². The summed E-state index contributed by atoms with van der Waals surface area (Å²) in [5.41, 5.74) is 4.03. The number of aromatic nitrogens is 1. The van der Waals surface area contributed by atoms with Crippen molar-refractivity contribution in [2.24, 2.45) is 0 Å².